The van der Waals surface area contributed by atoms with Crippen LogP contribution in [0, 0.1) is 0 Å². The molecule has 0 fully saturated rings. The zero-order chi connectivity index (χ0) is 25.0. The smallest absolute Gasteiger partial charge is 0.309 e. The number of esters is 2. The van der Waals surface area contributed by atoms with Gasteiger partial charge in [-0.3, -0.25) is 9.59 Å². The van der Waals surface area contributed by atoms with Crippen LogP contribution in [0.1, 0.15) is 58.4 Å². The van der Waals surface area contributed by atoms with Crippen molar-refractivity contribution in [2.45, 2.75) is 59.3 Å². The number of benzene rings is 3. The molecule has 0 aromatic heterocycles. The first kappa shape index (κ1) is 26.3. The fourth-order valence-corrected chi connectivity index (χ4v) is 4.13. The third-order valence-electron chi connectivity index (χ3n) is 5.77. The Morgan fingerprint density at radius 2 is 1.23 bits per heavy atom. The molecule has 0 unspecified atom stereocenters. The molecule has 0 heterocycles. The summed E-state index contributed by atoms with van der Waals surface area (Å²) in [5, 5.41) is 3.65. The van der Waals surface area contributed by atoms with Crippen molar-refractivity contribution in [1.29, 1.82) is 0 Å². The minimum absolute atomic E-state index is 0.177. The predicted molar refractivity (Wildman–Crippen MR) is 138 cm³/mol. The van der Waals surface area contributed by atoms with Gasteiger partial charge in [0, 0.05) is 21.5 Å². The van der Waals surface area contributed by atoms with Crippen molar-refractivity contribution in [1.82, 2.24) is 0 Å². The highest BCUT2D eigenvalue weighted by Crippen LogP contribution is 2.43. The average molecular weight is 481 g/mol. The Hall–Kier alpha value is -3.28. The van der Waals surface area contributed by atoms with E-state index in [2.05, 4.69) is 25.1 Å². The molecular weight excluding hydrogens is 444 g/mol. The van der Waals surface area contributed by atoms with E-state index in [9.17, 15) is 9.59 Å². The lowest BCUT2D eigenvalue weighted by molar-refractivity contribution is -0.144. The van der Waals surface area contributed by atoms with Gasteiger partial charge in [0.2, 0.25) is 0 Å². The maximum Gasteiger partial charge on any atom is 0.309 e. The van der Waals surface area contributed by atoms with Crippen molar-refractivity contribution in [3.63, 3.8) is 0 Å². The van der Waals surface area contributed by atoms with Gasteiger partial charge >= 0.3 is 11.9 Å². The van der Waals surface area contributed by atoms with Crippen LogP contribution >= 0.6 is 0 Å². The quantitative estimate of drug-likeness (QED) is 0.151. The van der Waals surface area contributed by atoms with E-state index in [1.165, 1.54) is 18.4 Å². The monoisotopic (exact) mass is 480 g/mol. The second-order valence-corrected chi connectivity index (χ2v) is 8.35. The first-order valence-electron chi connectivity index (χ1n) is 12.6. The molecule has 3 rings (SSSR count). The molecule has 0 bridgehead atoms. The lowest BCUT2D eigenvalue weighted by Crippen LogP contribution is -2.11. The minimum atomic E-state index is -0.279. The third kappa shape index (κ3) is 7.10. The van der Waals surface area contributed by atoms with E-state index < -0.39 is 0 Å². The standard InChI is InChI=1S/C29H36O6/c1-4-7-8-11-21-14-15-24-25(20-21)29(35-19-17-27(31)33-6-3)23-13-10-9-12-22(23)28(24)34-18-16-26(30)32-5-2/h9-10,12-15,20H,4-8,11,16-19H2,1-3H3. The highest BCUT2D eigenvalue weighted by atomic mass is 16.5. The van der Waals surface area contributed by atoms with Crippen LogP contribution in [0.5, 0.6) is 11.5 Å². The minimum Gasteiger partial charge on any atom is -0.492 e. The van der Waals surface area contributed by atoms with Crippen LogP contribution in [0.3, 0.4) is 0 Å². The van der Waals surface area contributed by atoms with Crippen LogP contribution in [0.2, 0.25) is 0 Å². The Kier molecular flexibility index (Phi) is 10.2. The Labute approximate surface area is 207 Å². The molecule has 35 heavy (non-hydrogen) atoms. The van der Waals surface area contributed by atoms with Crippen LogP contribution in [0.25, 0.3) is 21.5 Å². The summed E-state index contributed by atoms with van der Waals surface area (Å²) < 4.78 is 22.5. The van der Waals surface area contributed by atoms with Crippen molar-refractivity contribution in [3.8, 4) is 11.5 Å². The van der Waals surface area contributed by atoms with Gasteiger partial charge in [0.25, 0.3) is 0 Å². The number of hydrogen-bond acceptors (Lipinski definition) is 6. The Bertz CT molecular complexity index is 1140. The van der Waals surface area contributed by atoms with Gasteiger partial charge in [0.05, 0.1) is 39.3 Å². The first-order chi connectivity index (χ1) is 17.1. The summed E-state index contributed by atoms with van der Waals surface area (Å²) in [5.74, 6) is 0.895. The van der Waals surface area contributed by atoms with E-state index in [1.54, 1.807) is 13.8 Å². The molecule has 0 aliphatic rings. The van der Waals surface area contributed by atoms with Crippen LogP contribution < -0.4 is 9.47 Å². The number of hydrogen-bond donors (Lipinski definition) is 0. The molecular formula is C29H36O6. The summed E-state index contributed by atoms with van der Waals surface area (Å²) in [6.45, 7) is 6.92. The fraction of sp³-hybridized carbons (Fsp3) is 0.448. The van der Waals surface area contributed by atoms with Crippen LogP contribution in [0.4, 0.5) is 0 Å². The van der Waals surface area contributed by atoms with Crippen molar-refractivity contribution in [2.75, 3.05) is 26.4 Å². The highest BCUT2D eigenvalue weighted by molar-refractivity contribution is 6.11. The fourth-order valence-electron chi connectivity index (χ4n) is 4.13. The summed E-state index contributed by atoms with van der Waals surface area (Å²) in [6.07, 6.45) is 4.81. The molecule has 0 atom stereocenters. The molecule has 6 heteroatoms. The molecule has 0 aliphatic carbocycles. The molecule has 0 N–H and O–H groups in total. The third-order valence-corrected chi connectivity index (χ3v) is 5.77. The molecule has 0 spiro atoms. The van der Waals surface area contributed by atoms with E-state index in [1.807, 2.05) is 24.3 Å². The van der Waals surface area contributed by atoms with E-state index in [0.29, 0.717) is 13.2 Å². The number of rotatable bonds is 14. The number of unbranched alkanes of at least 4 members (excludes halogenated alkanes) is 2. The van der Waals surface area contributed by atoms with E-state index >= 15 is 0 Å². The van der Waals surface area contributed by atoms with Crippen molar-refractivity contribution < 1.29 is 28.5 Å². The molecule has 3 aromatic rings. The second kappa shape index (κ2) is 13.6. The number of carbonyl (C=O) groups is 2. The molecule has 0 saturated carbocycles. The largest absolute Gasteiger partial charge is 0.492 e. The molecule has 188 valence electrons. The molecule has 0 saturated heterocycles. The van der Waals surface area contributed by atoms with Crippen LogP contribution in [0.15, 0.2) is 42.5 Å². The normalized spacial score (nSPS) is 10.9. The SMILES string of the molecule is CCCCCc1ccc2c(OCCC(=O)OCC)c3ccccc3c(OCCC(=O)OCC)c2c1. The van der Waals surface area contributed by atoms with Crippen molar-refractivity contribution in [3.05, 3.63) is 48.0 Å². The Morgan fingerprint density at radius 1 is 0.686 bits per heavy atom. The average Bonchev–Trinajstić information content (AvgIpc) is 2.85. The summed E-state index contributed by atoms with van der Waals surface area (Å²) >= 11 is 0. The number of fused-ring (bicyclic) bond motifs is 2. The zero-order valence-electron chi connectivity index (χ0n) is 21.1. The second-order valence-electron chi connectivity index (χ2n) is 8.35. The molecule has 3 aromatic carbocycles. The highest BCUT2D eigenvalue weighted by Gasteiger charge is 2.18. The van der Waals surface area contributed by atoms with Gasteiger partial charge < -0.3 is 18.9 Å². The molecule has 0 radical (unpaired) electrons. The van der Waals surface area contributed by atoms with E-state index in [0.717, 1.165) is 45.9 Å². The summed E-state index contributed by atoms with van der Waals surface area (Å²) in [4.78, 5) is 23.7. The number of ether oxygens (including phenoxy) is 4. The van der Waals surface area contributed by atoms with Crippen molar-refractivity contribution >= 4 is 33.5 Å². The maximum absolute atomic E-state index is 11.9. The first-order valence-corrected chi connectivity index (χ1v) is 12.6. The van der Waals surface area contributed by atoms with Gasteiger partial charge in [-0.1, -0.05) is 56.2 Å². The topological polar surface area (TPSA) is 71.1 Å². The summed E-state index contributed by atoms with van der Waals surface area (Å²) in [6, 6.07) is 14.3. The van der Waals surface area contributed by atoms with Gasteiger partial charge in [-0.15, -0.1) is 0 Å². The van der Waals surface area contributed by atoms with Gasteiger partial charge in [-0.2, -0.15) is 0 Å². The van der Waals surface area contributed by atoms with Gasteiger partial charge in [-0.05, 0) is 38.3 Å². The van der Waals surface area contributed by atoms with Crippen molar-refractivity contribution in [2.24, 2.45) is 0 Å². The van der Waals surface area contributed by atoms with Gasteiger partial charge in [-0.25, -0.2) is 0 Å². The predicted octanol–water partition coefficient (Wildman–Crippen LogP) is 6.39. The molecule has 0 amide bonds. The maximum atomic E-state index is 11.9. The number of carbonyl (C=O) groups excluding carboxylic acids is 2. The Morgan fingerprint density at radius 3 is 1.77 bits per heavy atom. The lowest BCUT2D eigenvalue weighted by atomic mass is 9.97. The summed E-state index contributed by atoms with van der Waals surface area (Å²) in [7, 11) is 0. The Balaban J connectivity index is 2.01. The van der Waals surface area contributed by atoms with E-state index in [4.69, 9.17) is 18.9 Å². The molecule has 6 nitrogen and oxygen atoms in total. The lowest BCUT2D eigenvalue weighted by Gasteiger charge is -2.18. The van der Waals surface area contributed by atoms with Gasteiger partial charge in [0.15, 0.2) is 0 Å². The zero-order valence-corrected chi connectivity index (χ0v) is 21.1. The van der Waals surface area contributed by atoms with E-state index in [-0.39, 0.29) is 38.0 Å². The van der Waals surface area contributed by atoms with Crippen LogP contribution in [-0.2, 0) is 25.5 Å². The van der Waals surface area contributed by atoms with Gasteiger partial charge in [0.1, 0.15) is 11.5 Å². The van der Waals surface area contributed by atoms with Crippen LogP contribution in [-0.4, -0.2) is 38.4 Å². The summed E-state index contributed by atoms with van der Waals surface area (Å²) in [5.41, 5.74) is 1.23. The molecule has 0 aliphatic heterocycles. The number of aryl methyl sites for hydroxylation is 1.